The summed E-state index contributed by atoms with van der Waals surface area (Å²) in [5.74, 6) is 0. The van der Waals surface area contributed by atoms with Gasteiger partial charge in [-0.2, -0.15) is 5.26 Å². The monoisotopic (exact) mass is 286 g/mol. The molecule has 1 aromatic rings. The average molecular weight is 286 g/mol. The minimum Gasteiger partial charge on any atom is -0.381 e. The Bertz CT molecular complexity index is 510. The van der Waals surface area contributed by atoms with Crippen molar-refractivity contribution < 1.29 is 0 Å². The molecule has 0 aromatic carbocycles. The van der Waals surface area contributed by atoms with E-state index in [9.17, 15) is 5.26 Å². The highest BCUT2D eigenvalue weighted by atomic mass is 15.1. The Kier molecular flexibility index (Phi) is 5.58. The minimum absolute atomic E-state index is 0.469. The molecule has 4 nitrogen and oxygen atoms in total. The number of pyridine rings is 1. The normalized spacial score (nSPS) is 16.7. The quantitative estimate of drug-likeness (QED) is 0.902. The van der Waals surface area contributed by atoms with Crippen molar-refractivity contribution in [3.63, 3.8) is 0 Å². The number of piperidine rings is 1. The van der Waals surface area contributed by atoms with E-state index in [4.69, 9.17) is 0 Å². The number of aryl methyl sites for hydroxylation is 2. The molecule has 1 aromatic heterocycles. The van der Waals surface area contributed by atoms with Crippen molar-refractivity contribution in [2.45, 2.75) is 52.5 Å². The fraction of sp³-hybridized carbons (Fsp3) is 0.647. The zero-order valence-corrected chi connectivity index (χ0v) is 13.4. The molecule has 1 N–H and O–H groups in total. The van der Waals surface area contributed by atoms with Crippen molar-refractivity contribution in [2.75, 3.05) is 25.0 Å². The lowest BCUT2D eigenvalue weighted by atomic mass is 10.0. The Morgan fingerprint density at radius 1 is 1.38 bits per heavy atom. The van der Waals surface area contributed by atoms with E-state index in [0.717, 1.165) is 43.0 Å². The maximum Gasteiger partial charge on any atom is 0.103 e. The number of anilines is 1. The van der Waals surface area contributed by atoms with Crippen molar-refractivity contribution in [2.24, 2.45) is 0 Å². The number of aromatic nitrogens is 1. The highest BCUT2D eigenvalue weighted by Gasteiger charge is 2.20. The first-order valence-corrected chi connectivity index (χ1v) is 8.01. The largest absolute Gasteiger partial charge is 0.381 e. The topological polar surface area (TPSA) is 52.0 Å². The fourth-order valence-electron chi connectivity index (χ4n) is 2.99. The van der Waals surface area contributed by atoms with Crippen LogP contribution in [0.25, 0.3) is 0 Å². The SMILES string of the molecule is CCCCN1CCC(Nc2cc(C)nc(C)c2C#N)CC1. The Balaban J connectivity index is 1.96. The van der Waals surface area contributed by atoms with Gasteiger partial charge >= 0.3 is 0 Å². The Hall–Kier alpha value is -1.60. The van der Waals surface area contributed by atoms with Crippen LogP contribution in [0.15, 0.2) is 6.07 Å². The zero-order chi connectivity index (χ0) is 15.2. The van der Waals surface area contributed by atoms with E-state index in [2.05, 4.69) is 28.2 Å². The molecule has 0 radical (unpaired) electrons. The molecule has 114 valence electrons. The molecule has 2 heterocycles. The number of hydrogen-bond donors (Lipinski definition) is 1. The summed E-state index contributed by atoms with van der Waals surface area (Å²) in [4.78, 5) is 6.92. The summed E-state index contributed by atoms with van der Waals surface area (Å²) in [6, 6.07) is 4.75. The summed E-state index contributed by atoms with van der Waals surface area (Å²) in [5.41, 5.74) is 3.43. The number of likely N-dealkylation sites (tertiary alicyclic amines) is 1. The Labute approximate surface area is 128 Å². The second-order valence-corrected chi connectivity index (χ2v) is 6.00. The lowest BCUT2D eigenvalue weighted by Gasteiger charge is -2.33. The van der Waals surface area contributed by atoms with E-state index in [1.807, 2.05) is 19.9 Å². The molecule has 0 unspecified atom stereocenters. The lowest BCUT2D eigenvalue weighted by Crippen LogP contribution is -2.39. The van der Waals surface area contributed by atoms with Crippen LogP contribution in [-0.4, -0.2) is 35.6 Å². The number of hydrogen-bond acceptors (Lipinski definition) is 4. The van der Waals surface area contributed by atoms with Gasteiger partial charge in [0.25, 0.3) is 0 Å². The number of nitrogens with one attached hydrogen (secondary N) is 1. The van der Waals surface area contributed by atoms with Gasteiger partial charge in [0.15, 0.2) is 0 Å². The Morgan fingerprint density at radius 3 is 2.71 bits per heavy atom. The summed E-state index contributed by atoms with van der Waals surface area (Å²) < 4.78 is 0. The van der Waals surface area contributed by atoms with Gasteiger partial charge in [-0.05, 0) is 45.7 Å². The van der Waals surface area contributed by atoms with Crippen LogP contribution in [0.2, 0.25) is 0 Å². The summed E-state index contributed by atoms with van der Waals surface area (Å²) in [5, 5.41) is 12.9. The first-order valence-electron chi connectivity index (χ1n) is 8.01. The number of nitriles is 1. The van der Waals surface area contributed by atoms with E-state index in [1.54, 1.807) is 0 Å². The molecule has 1 fully saturated rings. The van der Waals surface area contributed by atoms with Crippen LogP contribution in [-0.2, 0) is 0 Å². The van der Waals surface area contributed by atoms with Crippen LogP contribution in [0.1, 0.15) is 49.6 Å². The van der Waals surface area contributed by atoms with Gasteiger partial charge in [-0.3, -0.25) is 4.98 Å². The highest BCUT2D eigenvalue weighted by Crippen LogP contribution is 2.22. The van der Waals surface area contributed by atoms with Crippen LogP contribution in [0.3, 0.4) is 0 Å². The molecule has 21 heavy (non-hydrogen) atoms. The van der Waals surface area contributed by atoms with Gasteiger partial charge in [0.05, 0.1) is 16.9 Å². The van der Waals surface area contributed by atoms with Crippen molar-refractivity contribution in [1.82, 2.24) is 9.88 Å². The van der Waals surface area contributed by atoms with E-state index < -0.39 is 0 Å². The summed E-state index contributed by atoms with van der Waals surface area (Å²) in [6.07, 6.45) is 4.85. The van der Waals surface area contributed by atoms with Gasteiger partial charge in [-0.1, -0.05) is 13.3 Å². The number of nitrogens with zero attached hydrogens (tertiary/aromatic N) is 3. The maximum absolute atomic E-state index is 9.32. The molecule has 0 spiro atoms. The standard InChI is InChI=1S/C17H26N4/c1-4-5-8-21-9-6-15(7-10-21)20-17-11-13(2)19-14(3)16(17)12-18/h11,15H,4-10H2,1-3H3,(H,19,20). The molecule has 0 saturated carbocycles. The second-order valence-electron chi connectivity index (χ2n) is 6.00. The first-order chi connectivity index (χ1) is 10.1. The average Bonchev–Trinajstić information content (AvgIpc) is 2.46. The lowest BCUT2D eigenvalue weighted by molar-refractivity contribution is 0.216. The third-order valence-electron chi connectivity index (χ3n) is 4.22. The zero-order valence-electron chi connectivity index (χ0n) is 13.4. The smallest absolute Gasteiger partial charge is 0.103 e. The van der Waals surface area contributed by atoms with Gasteiger partial charge in [0, 0.05) is 24.8 Å². The van der Waals surface area contributed by atoms with Gasteiger partial charge in [0.1, 0.15) is 6.07 Å². The van der Waals surface area contributed by atoms with E-state index in [-0.39, 0.29) is 0 Å². The van der Waals surface area contributed by atoms with Gasteiger partial charge in [-0.25, -0.2) is 0 Å². The molecular formula is C17H26N4. The van der Waals surface area contributed by atoms with E-state index in [0.29, 0.717) is 11.6 Å². The van der Waals surface area contributed by atoms with Crippen molar-refractivity contribution >= 4 is 5.69 Å². The molecular weight excluding hydrogens is 260 g/mol. The third-order valence-corrected chi connectivity index (χ3v) is 4.22. The van der Waals surface area contributed by atoms with Crippen LogP contribution in [0, 0.1) is 25.2 Å². The van der Waals surface area contributed by atoms with Crippen LogP contribution in [0.4, 0.5) is 5.69 Å². The third kappa shape index (κ3) is 4.18. The molecule has 0 bridgehead atoms. The number of rotatable bonds is 5. The van der Waals surface area contributed by atoms with Crippen LogP contribution < -0.4 is 5.32 Å². The van der Waals surface area contributed by atoms with Gasteiger partial charge in [0.2, 0.25) is 0 Å². The van der Waals surface area contributed by atoms with Crippen LogP contribution in [0.5, 0.6) is 0 Å². The molecule has 0 atom stereocenters. The predicted molar refractivity (Wildman–Crippen MR) is 86.4 cm³/mol. The first kappa shape index (κ1) is 15.8. The second kappa shape index (κ2) is 7.42. The fourth-order valence-corrected chi connectivity index (χ4v) is 2.99. The Morgan fingerprint density at radius 2 is 2.10 bits per heavy atom. The molecule has 2 rings (SSSR count). The van der Waals surface area contributed by atoms with Crippen molar-refractivity contribution in [3.8, 4) is 6.07 Å². The molecule has 1 aliphatic rings. The molecule has 1 aliphatic heterocycles. The summed E-state index contributed by atoms with van der Waals surface area (Å²) in [7, 11) is 0. The minimum atomic E-state index is 0.469. The predicted octanol–water partition coefficient (Wildman–Crippen LogP) is 3.25. The molecule has 0 amide bonds. The number of unbranched alkanes of at least 4 members (excludes halogenated alkanes) is 1. The van der Waals surface area contributed by atoms with E-state index in [1.165, 1.54) is 19.4 Å². The summed E-state index contributed by atoms with van der Waals surface area (Å²) >= 11 is 0. The maximum atomic E-state index is 9.32. The van der Waals surface area contributed by atoms with Crippen molar-refractivity contribution in [1.29, 1.82) is 5.26 Å². The molecule has 4 heteroatoms. The van der Waals surface area contributed by atoms with Crippen molar-refractivity contribution in [3.05, 3.63) is 23.0 Å². The molecule has 0 aliphatic carbocycles. The summed E-state index contributed by atoms with van der Waals surface area (Å²) in [6.45, 7) is 9.66. The van der Waals surface area contributed by atoms with Crippen LogP contribution >= 0.6 is 0 Å². The van der Waals surface area contributed by atoms with Gasteiger partial charge < -0.3 is 10.2 Å². The molecule has 1 saturated heterocycles. The van der Waals surface area contributed by atoms with E-state index >= 15 is 0 Å². The van der Waals surface area contributed by atoms with Gasteiger partial charge in [-0.15, -0.1) is 0 Å². The highest BCUT2D eigenvalue weighted by molar-refractivity contribution is 5.60.